The van der Waals surface area contributed by atoms with Gasteiger partial charge in [-0.1, -0.05) is 19.1 Å². The van der Waals surface area contributed by atoms with Gasteiger partial charge in [-0.05, 0) is 5.92 Å². The van der Waals surface area contributed by atoms with E-state index in [1.807, 2.05) is 13.8 Å². The van der Waals surface area contributed by atoms with Gasteiger partial charge in [0.1, 0.15) is 0 Å². The number of carboxylic acids is 1. The summed E-state index contributed by atoms with van der Waals surface area (Å²) in [6.07, 6.45) is 0. The Hall–Kier alpha value is -1.39. The number of carbonyl (C=O) groups is 1. The highest BCUT2D eigenvalue weighted by Crippen LogP contribution is 2.13. The molecule has 5 nitrogen and oxygen atoms in total. The van der Waals surface area contributed by atoms with Crippen molar-refractivity contribution in [3.63, 3.8) is 0 Å². The van der Waals surface area contributed by atoms with Crippen LogP contribution >= 0.6 is 0 Å². The first-order valence-corrected chi connectivity index (χ1v) is 3.27. The third kappa shape index (κ3) is 1.36. The van der Waals surface area contributed by atoms with Crippen LogP contribution in [0.4, 0.5) is 0 Å². The van der Waals surface area contributed by atoms with Gasteiger partial charge in [0.2, 0.25) is 0 Å². The van der Waals surface area contributed by atoms with Crippen LogP contribution in [0.1, 0.15) is 35.9 Å². The van der Waals surface area contributed by atoms with Crippen LogP contribution in [0.25, 0.3) is 0 Å². The fourth-order valence-corrected chi connectivity index (χ4v) is 0.796. The lowest BCUT2D eigenvalue weighted by Gasteiger charge is -1.99. The maximum absolute atomic E-state index is 10.5. The summed E-state index contributed by atoms with van der Waals surface area (Å²) in [6, 6.07) is 0. The Morgan fingerprint density at radius 1 is 1.64 bits per heavy atom. The predicted molar refractivity (Wildman–Crippen MR) is 37.4 cm³/mol. The van der Waals surface area contributed by atoms with Crippen molar-refractivity contribution in [2.75, 3.05) is 0 Å². The van der Waals surface area contributed by atoms with E-state index in [0.29, 0.717) is 5.69 Å². The van der Waals surface area contributed by atoms with Crippen molar-refractivity contribution in [1.82, 2.24) is 15.4 Å². The van der Waals surface area contributed by atoms with E-state index in [0.717, 1.165) is 0 Å². The molecule has 0 aliphatic carbocycles. The summed E-state index contributed by atoms with van der Waals surface area (Å²) in [7, 11) is 0. The molecule has 0 saturated heterocycles. The number of nitrogens with one attached hydrogen (secondary N) is 1. The number of hydrogen-bond donors (Lipinski definition) is 2. The second kappa shape index (κ2) is 2.69. The summed E-state index contributed by atoms with van der Waals surface area (Å²) >= 11 is 0. The topological polar surface area (TPSA) is 78.9 Å². The smallest absolute Gasteiger partial charge is 0.358 e. The zero-order chi connectivity index (χ0) is 8.43. The van der Waals surface area contributed by atoms with E-state index in [1.165, 1.54) is 0 Å². The van der Waals surface area contributed by atoms with Crippen LogP contribution in [0.3, 0.4) is 0 Å². The minimum Gasteiger partial charge on any atom is -0.476 e. The molecule has 0 radical (unpaired) electrons. The first kappa shape index (κ1) is 7.71. The van der Waals surface area contributed by atoms with Crippen molar-refractivity contribution in [3.8, 4) is 0 Å². The Morgan fingerprint density at radius 2 is 2.27 bits per heavy atom. The van der Waals surface area contributed by atoms with Gasteiger partial charge in [-0.3, -0.25) is 5.10 Å². The second-order valence-corrected chi connectivity index (χ2v) is 2.53. The maximum Gasteiger partial charge on any atom is 0.358 e. The summed E-state index contributed by atoms with van der Waals surface area (Å²) in [5.41, 5.74) is 0.581. The van der Waals surface area contributed by atoms with E-state index in [4.69, 9.17) is 5.11 Å². The van der Waals surface area contributed by atoms with E-state index in [9.17, 15) is 4.79 Å². The first-order valence-electron chi connectivity index (χ1n) is 3.27. The van der Waals surface area contributed by atoms with E-state index in [1.54, 1.807) is 0 Å². The molecule has 1 aromatic rings. The van der Waals surface area contributed by atoms with Gasteiger partial charge in [-0.25, -0.2) is 4.79 Å². The van der Waals surface area contributed by atoms with Gasteiger partial charge in [0, 0.05) is 0 Å². The summed E-state index contributed by atoms with van der Waals surface area (Å²) in [5.74, 6) is -0.932. The van der Waals surface area contributed by atoms with Gasteiger partial charge < -0.3 is 5.11 Å². The number of hydrogen-bond acceptors (Lipinski definition) is 3. The standard InChI is InChI=1S/C6H9N3O2/c1-3(2)4-5(6(10)11)8-9-7-4/h3H,1-2H3,(H,10,11)(H,7,8,9). The van der Waals surface area contributed by atoms with Crippen molar-refractivity contribution < 1.29 is 9.90 Å². The zero-order valence-corrected chi connectivity index (χ0v) is 6.33. The summed E-state index contributed by atoms with van der Waals surface area (Å²) in [5, 5.41) is 18.0. The molecule has 0 aromatic carbocycles. The Kier molecular flexibility index (Phi) is 1.89. The number of rotatable bonds is 2. The number of carboxylic acid groups (broad SMARTS) is 1. The van der Waals surface area contributed by atoms with Gasteiger partial charge in [0.05, 0.1) is 5.69 Å². The van der Waals surface area contributed by atoms with Crippen LogP contribution < -0.4 is 0 Å². The lowest BCUT2D eigenvalue weighted by atomic mass is 10.1. The third-order valence-electron chi connectivity index (χ3n) is 1.36. The molecule has 2 N–H and O–H groups in total. The lowest BCUT2D eigenvalue weighted by Crippen LogP contribution is -2.02. The molecule has 0 spiro atoms. The third-order valence-corrected chi connectivity index (χ3v) is 1.36. The van der Waals surface area contributed by atoms with Gasteiger partial charge in [-0.15, -0.1) is 5.10 Å². The lowest BCUT2D eigenvalue weighted by molar-refractivity contribution is 0.0688. The molecule has 11 heavy (non-hydrogen) atoms. The molecule has 0 aliphatic heterocycles. The van der Waals surface area contributed by atoms with E-state index >= 15 is 0 Å². The highest BCUT2D eigenvalue weighted by atomic mass is 16.4. The molecular weight excluding hydrogens is 146 g/mol. The Labute approximate surface area is 63.4 Å². The molecule has 0 saturated carbocycles. The van der Waals surface area contributed by atoms with Crippen LogP contribution in [0.15, 0.2) is 0 Å². The largest absolute Gasteiger partial charge is 0.476 e. The fraction of sp³-hybridized carbons (Fsp3) is 0.500. The van der Waals surface area contributed by atoms with Crippen LogP contribution in [0.5, 0.6) is 0 Å². The van der Waals surface area contributed by atoms with Gasteiger partial charge in [0.15, 0.2) is 5.69 Å². The van der Waals surface area contributed by atoms with E-state index in [-0.39, 0.29) is 11.6 Å². The maximum atomic E-state index is 10.5. The van der Waals surface area contributed by atoms with Crippen molar-refractivity contribution in [2.24, 2.45) is 0 Å². The molecule has 0 amide bonds. The second-order valence-electron chi connectivity index (χ2n) is 2.53. The average Bonchev–Trinajstić information content (AvgIpc) is 2.32. The van der Waals surface area contributed by atoms with E-state index in [2.05, 4.69) is 15.4 Å². The van der Waals surface area contributed by atoms with E-state index < -0.39 is 5.97 Å². The molecule has 5 heteroatoms. The minimum atomic E-state index is -1.04. The quantitative estimate of drug-likeness (QED) is 0.656. The number of H-pyrrole nitrogens is 1. The van der Waals surface area contributed by atoms with Crippen molar-refractivity contribution in [2.45, 2.75) is 19.8 Å². The number of aromatic nitrogens is 3. The molecule has 0 aliphatic rings. The molecule has 1 rings (SSSR count). The molecule has 60 valence electrons. The molecule has 0 atom stereocenters. The SMILES string of the molecule is CC(C)c1[nH]nnc1C(=O)O. The molecule has 1 aromatic heterocycles. The van der Waals surface area contributed by atoms with Gasteiger partial charge >= 0.3 is 5.97 Å². The number of aromatic carboxylic acids is 1. The van der Waals surface area contributed by atoms with Gasteiger partial charge in [0.25, 0.3) is 0 Å². The van der Waals surface area contributed by atoms with Crippen molar-refractivity contribution in [3.05, 3.63) is 11.4 Å². The molecule has 0 fully saturated rings. The molecule has 0 bridgehead atoms. The van der Waals surface area contributed by atoms with Crippen LogP contribution in [-0.2, 0) is 0 Å². The number of nitrogens with zero attached hydrogens (tertiary/aromatic N) is 2. The van der Waals surface area contributed by atoms with Crippen molar-refractivity contribution >= 4 is 5.97 Å². The fourth-order valence-electron chi connectivity index (χ4n) is 0.796. The normalized spacial score (nSPS) is 10.5. The van der Waals surface area contributed by atoms with Crippen molar-refractivity contribution in [1.29, 1.82) is 0 Å². The Bertz CT molecular complexity index is 267. The molecular formula is C6H9N3O2. The summed E-state index contributed by atoms with van der Waals surface area (Å²) in [6.45, 7) is 3.75. The summed E-state index contributed by atoms with van der Waals surface area (Å²) in [4.78, 5) is 10.5. The number of aromatic amines is 1. The highest BCUT2D eigenvalue weighted by Gasteiger charge is 2.16. The van der Waals surface area contributed by atoms with Crippen LogP contribution in [-0.4, -0.2) is 26.5 Å². The summed E-state index contributed by atoms with van der Waals surface area (Å²) < 4.78 is 0. The molecule has 0 unspecified atom stereocenters. The Balaban J connectivity index is 3.06. The van der Waals surface area contributed by atoms with Gasteiger partial charge in [-0.2, -0.15) is 0 Å². The highest BCUT2D eigenvalue weighted by molar-refractivity contribution is 5.86. The predicted octanol–water partition coefficient (Wildman–Crippen LogP) is 0.626. The molecule has 1 heterocycles. The monoisotopic (exact) mass is 155 g/mol. The van der Waals surface area contributed by atoms with Crippen LogP contribution in [0.2, 0.25) is 0 Å². The first-order chi connectivity index (χ1) is 5.13. The Morgan fingerprint density at radius 3 is 2.64 bits per heavy atom. The minimum absolute atomic E-state index is 0.0139. The van der Waals surface area contributed by atoms with Crippen LogP contribution in [0, 0.1) is 0 Å². The zero-order valence-electron chi connectivity index (χ0n) is 6.33. The average molecular weight is 155 g/mol.